The summed E-state index contributed by atoms with van der Waals surface area (Å²) in [6.07, 6.45) is 0. The Kier molecular flexibility index (Phi) is 5.99. The quantitative estimate of drug-likeness (QED) is 0.862. The standard InChI is InChI=1S/C22H26N2O4/c1-16-4-10-19(11-5-16)28-14-20(25)23-18-8-6-17(7-9-18)21(26)24-12-13-27-15-22(24,2)3/h4-11H,12-15H2,1-3H3,(H,23,25). The van der Waals surface area contributed by atoms with Gasteiger partial charge in [0, 0.05) is 17.8 Å². The average molecular weight is 382 g/mol. The van der Waals surface area contributed by atoms with Crippen molar-refractivity contribution in [2.45, 2.75) is 26.3 Å². The highest BCUT2D eigenvalue weighted by Gasteiger charge is 2.34. The van der Waals surface area contributed by atoms with Gasteiger partial charge in [0.05, 0.1) is 18.8 Å². The van der Waals surface area contributed by atoms with Gasteiger partial charge >= 0.3 is 0 Å². The van der Waals surface area contributed by atoms with Crippen LogP contribution in [0.2, 0.25) is 0 Å². The van der Waals surface area contributed by atoms with Crippen molar-refractivity contribution in [3.8, 4) is 5.75 Å². The lowest BCUT2D eigenvalue weighted by molar-refractivity contribution is -0.118. The Morgan fingerprint density at radius 3 is 2.43 bits per heavy atom. The van der Waals surface area contributed by atoms with E-state index >= 15 is 0 Å². The largest absolute Gasteiger partial charge is 0.484 e. The van der Waals surface area contributed by atoms with Gasteiger partial charge in [0.15, 0.2) is 6.61 Å². The van der Waals surface area contributed by atoms with Crippen LogP contribution in [-0.2, 0) is 9.53 Å². The second-order valence-electron chi connectivity index (χ2n) is 7.55. The first kappa shape index (κ1) is 19.9. The Hall–Kier alpha value is -2.86. The van der Waals surface area contributed by atoms with Crippen LogP contribution >= 0.6 is 0 Å². The summed E-state index contributed by atoms with van der Waals surface area (Å²) < 4.78 is 10.9. The third-order valence-corrected chi connectivity index (χ3v) is 4.70. The minimum atomic E-state index is -0.338. The number of amides is 2. The smallest absolute Gasteiger partial charge is 0.262 e. The molecule has 2 aromatic rings. The molecule has 3 rings (SSSR count). The summed E-state index contributed by atoms with van der Waals surface area (Å²) in [6.45, 7) is 7.54. The lowest BCUT2D eigenvalue weighted by Crippen LogP contribution is -2.55. The molecule has 0 spiro atoms. The fourth-order valence-corrected chi connectivity index (χ4v) is 3.07. The van der Waals surface area contributed by atoms with Crippen LogP contribution in [0.4, 0.5) is 5.69 Å². The average Bonchev–Trinajstić information content (AvgIpc) is 2.67. The first-order valence-corrected chi connectivity index (χ1v) is 9.34. The molecule has 0 aromatic heterocycles. The second kappa shape index (κ2) is 8.44. The molecule has 0 atom stereocenters. The molecule has 2 amide bonds. The van der Waals surface area contributed by atoms with Gasteiger partial charge in [-0.15, -0.1) is 0 Å². The molecule has 1 aliphatic rings. The van der Waals surface area contributed by atoms with Gasteiger partial charge in [0.2, 0.25) is 0 Å². The topological polar surface area (TPSA) is 67.9 Å². The van der Waals surface area contributed by atoms with Crippen molar-refractivity contribution in [2.24, 2.45) is 0 Å². The molecule has 0 unspecified atom stereocenters. The van der Waals surface area contributed by atoms with E-state index in [9.17, 15) is 9.59 Å². The van der Waals surface area contributed by atoms with Crippen LogP contribution in [0.15, 0.2) is 48.5 Å². The van der Waals surface area contributed by atoms with Crippen molar-refractivity contribution in [1.29, 1.82) is 0 Å². The first-order chi connectivity index (χ1) is 13.3. The number of carbonyl (C=O) groups is 2. The third kappa shape index (κ3) is 4.89. The van der Waals surface area contributed by atoms with E-state index in [4.69, 9.17) is 9.47 Å². The number of hydrogen-bond donors (Lipinski definition) is 1. The Bertz CT molecular complexity index is 829. The molecular formula is C22H26N2O4. The Balaban J connectivity index is 1.55. The van der Waals surface area contributed by atoms with Crippen molar-refractivity contribution in [3.05, 3.63) is 59.7 Å². The minimum absolute atomic E-state index is 0.0334. The lowest BCUT2D eigenvalue weighted by atomic mass is 10.0. The van der Waals surface area contributed by atoms with Gasteiger partial charge in [-0.25, -0.2) is 0 Å². The Morgan fingerprint density at radius 2 is 1.79 bits per heavy atom. The Labute approximate surface area is 165 Å². The normalized spacial score (nSPS) is 15.8. The molecule has 6 heteroatoms. The lowest BCUT2D eigenvalue weighted by Gasteiger charge is -2.42. The van der Waals surface area contributed by atoms with E-state index in [1.807, 2.05) is 49.9 Å². The van der Waals surface area contributed by atoms with Crippen LogP contribution in [0.25, 0.3) is 0 Å². The number of rotatable bonds is 5. The molecule has 0 saturated carbocycles. The molecule has 148 valence electrons. The number of nitrogens with zero attached hydrogens (tertiary/aromatic N) is 1. The molecular weight excluding hydrogens is 356 g/mol. The van der Waals surface area contributed by atoms with E-state index in [2.05, 4.69) is 5.32 Å². The summed E-state index contributed by atoms with van der Waals surface area (Å²) in [5.41, 5.74) is 2.00. The number of carbonyl (C=O) groups excluding carboxylic acids is 2. The number of benzene rings is 2. The van der Waals surface area contributed by atoms with E-state index in [-0.39, 0.29) is 24.0 Å². The predicted octanol–water partition coefficient (Wildman–Crippen LogP) is 3.26. The molecule has 1 N–H and O–H groups in total. The van der Waals surface area contributed by atoms with Gasteiger partial charge in [0.1, 0.15) is 5.75 Å². The number of morpholine rings is 1. The summed E-state index contributed by atoms with van der Waals surface area (Å²) >= 11 is 0. The summed E-state index contributed by atoms with van der Waals surface area (Å²) in [5, 5.41) is 2.78. The van der Waals surface area contributed by atoms with Gasteiger partial charge in [-0.3, -0.25) is 9.59 Å². The van der Waals surface area contributed by atoms with Crippen LogP contribution in [0.3, 0.4) is 0 Å². The first-order valence-electron chi connectivity index (χ1n) is 9.34. The highest BCUT2D eigenvalue weighted by molar-refractivity contribution is 5.96. The maximum Gasteiger partial charge on any atom is 0.262 e. The van der Waals surface area contributed by atoms with Crippen LogP contribution in [0, 0.1) is 6.92 Å². The number of aryl methyl sites for hydroxylation is 1. The zero-order valence-electron chi connectivity index (χ0n) is 16.5. The minimum Gasteiger partial charge on any atom is -0.484 e. The summed E-state index contributed by atoms with van der Waals surface area (Å²) in [6, 6.07) is 14.4. The fourth-order valence-electron chi connectivity index (χ4n) is 3.07. The molecule has 1 aliphatic heterocycles. The van der Waals surface area contributed by atoms with Crippen molar-refractivity contribution < 1.29 is 19.1 Å². The number of ether oxygens (including phenoxy) is 2. The van der Waals surface area contributed by atoms with Crippen molar-refractivity contribution in [2.75, 3.05) is 31.7 Å². The molecule has 1 saturated heterocycles. The van der Waals surface area contributed by atoms with E-state index in [0.717, 1.165) is 5.56 Å². The van der Waals surface area contributed by atoms with E-state index in [1.165, 1.54) is 0 Å². The summed E-state index contributed by atoms with van der Waals surface area (Å²) in [5.74, 6) is 0.359. The number of anilines is 1. The molecule has 6 nitrogen and oxygen atoms in total. The van der Waals surface area contributed by atoms with E-state index < -0.39 is 0 Å². The van der Waals surface area contributed by atoms with Crippen LogP contribution < -0.4 is 10.1 Å². The highest BCUT2D eigenvalue weighted by atomic mass is 16.5. The van der Waals surface area contributed by atoms with Gasteiger partial charge in [-0.2, -0.15) is 0 Å². The molecule has 28 heavy (non-hydrogen) atoms. The van der Waals surface area contributed by atoms with Gasteiger partial charge < -0.3 is 19.7 Å². The third-order valence-electron chi connectivity index (χ3n) is 4.70. The monoisotopic (exact) mass is 382 g/mol. The molecule has 1 heterocycles. The second-order valence-corrected chi connectivity index (χ2v) is 7.55. The maximum atomic E-state index is 12.8. The van der Waals surface area contributed by atoms with Crippen LogP contribution in [0.1, 0.15) is 29.8 Å². The van der Waals surface area contributed by atoms with Crippen LogP contribution in [0.5, 0.6) is 5.75 Å². The number of hydrogen-bond acceptors (Lipinski definition) is 4. The zero-order chi connectivity index (χ0) is 20.1. The fraction of sp³-hybridized carbons (Fsp3) is 0.364. The highest BCUT2D eigenvalue weighted by Crippen LogP contribution is 2.22. The van der Waals surface area contributed by atoms with Crippen molar-refractivity contribution >= 4 is 17.5 Å². The van der Waals surface area contributed by atoms with Crippen molar-refractivity contribution in [3.63, 3.8) is 0 Å². The molecule has 0 radical (unpaired) electrons. The van der Waals surface area contributed by atoms with Crippen molar-refractivity contribution in [1.82, 2.24) is 4.90 Å². The molecule has 2 aromatic carbocycles. The molecule has 0 bridgehead atoms. The van der Waals surface area contributed by atoms with Gasteiger partial charge in [0.25, 0.3) is 11.8 Å². The Morgan fingerprint density at radius 1 is 1.11 bits per heavy atom. The molecule has 0 aliphatic carbocycles. The van der Waals surface area contributed by atoms with Gasteiger partial charge in [-0.05, 0) is 57.2 Å². The van der Waals surface area contributed by atoms with E-state index in [0.29, 0.717) is 36.8 Å². The number of nitrogens with one attached hydrogen (secondary N) is 1. The SMILES string of the molecule is Cc1ccc(OCC(=O)Nc2ccc(C(=O)N3CCOCC3(C)C)cc2)cc1. The predicted molar refractivity (Wildman–Crippen MR) is 108 cm³/mol. The van der Waals surface area contributed by atoms with Gasteiger partial charge in [-0.1, -0.05) is 17.7 Å². The zero-order valence-corrected chi connectivity index (χ0v) is 16.5. The van der Waals surface area contributed by atoms with E-state index in [1.54, 1.807) is 24.3 Å². The summed E-state index contributed by atoms with van der Waals surface area (Å²) in [4.78, 5) is 26.7. The molecule has 1 fully saturated rings. The maximum absolute atomic E-state index is 12.8. The van der Waals surface area contributed by atoms with Crippen LogP contribution in [-0.4, -0.2) is 48.6 Å². The summed E-state index contributed by atoms with van der Waals surface area (Å²) in [7, 11) is 0.